The van der Waals surface area contributed by atoms with Gasteiger partial charge in [-0.05, 0) is 47.6 Å². The van der Waals surface area contributed by atoms with Gasteiger partial charge in [0.05, 0.1) is 0 Å². The van der Waals surface area contributed by atoms with E-state index in [1.165, 1.54) is 16.7 Å². The van der Waals surface area contributed by atoms with E-state index in [1.807, 2.05) is 12.1 Å². The zero-order valence-electron chi connectivity index (χ0n) is 10.2. The largest absolute Gasteiger partial charge is 0.508 e. The molecule has 1 aliphatic carbocycles. The average Bonchev–Trinajstić information content (AvgIpc) is 2.36. The number of hydrogen-bond donors (Lipinski definition) is 1. The molecular formula is C17H16O. The lowest BCUT2D eigenvalue weighted by Crippen LogP contribution is -2.12. The monoisotopic (exact) mass is 236 g/mol. The molecule has 0 aliphatic heterocycles. The van der Waals surface area contributed by atoms with Gasteiger partial charge in [0.15, 0.2) is 0 Å². The Kier molecular flexibility index (Phi) is 2.89. The zero-order valence-corrected chi connectivity index (χ0v) is 10.2. The zero-order chi connectivity index (χ0) is 12.4. The fourth-order valence-electron chi connectivity index (χ4n) is 2.47. The molecule has 2 aromatic rings. The molecule has 2 aromatic carbocycles. The normalized spacial score (nSPS) is 18.0. The van der Waals surface area contributed by atoms with E-state index in [0.717, 1.165) is 12.8 Å². The Morgan fingerprint density at radius 1 is 0.944 bits per heavy atom. The van der Waals surface area contributed by atoms with E-state index < -0.39 is 0 Å². The smallest absolute Gasteiger partial charge is 0.115 e. The van der Waals surface area contributed by atoms with Crippen LogP contribution in [-0.4, -0.2) is 5.11 Å². The molecule has 0 amide bonds. The molecule has 0 saturated heterocycles. The topological polar surface area (TPSA) is 20.2 Å². The minimum Gasteiger partial charge on any atom is -0.508 e. The van der Waals surface area contributed by atoms with Gasteiger partial charge in [-0.15, -0.1) is 0 Å². The van der Waals surface area contributed by atoms with Crippen molar-refractivity contribution in [3.05, 3.63) is 71.8 Å². The Hall–Kier alpha value is -2.02. The molecule has 0 aromatic heterocycles. The second-order valence-corrected chi connectivity index (χ2v) is 4.89. The van der Waals surface area contributed by atoms with Gasteiger partial charge in [0.1, 0.15) is 5.75 Å². The molecule has 1 unspecified atom stereocenters. The summed E-state index contributed by atoms with van der Waals surface area (Å²) in [5.41, 5.74) is 4.04. The van der Waals surface area contributed by atoms with Gasteiger partial charge in [0, 0.05) is 0 Å². The molecule has 0 radical (unpaired) electrons. The minimum atomic E-state index is 0.333. The van der Waals surface area contributed by atoms with Gasteiger partial charge in [-0.3, -0.25) is 0 Å². The first-order valence-electron chi connectivity index (χ1n) is 6.35. The number of phenolic OH excluding ortho intramolecular Hbond substituents is 1. The molecule has 1 N–H and O–H groups in total. The lowest BCUT2D eigenvalue weighted by atomic mass is 9.79. The van der Waals surface area contributed by atoms with Crippen molar-refractivity contribution in [1.29, 1.82) is 0 Å². The van der Waals surface area contributed by atoms with E-state index in [2.05, 4.69) is 36.4 Å². The molecule has 0 saturated carbocycles. The second kappa shape index (κ2) is 4.69. The van der Waals surface area contributed by atoms with Gasteiger partial charge in [-0.2, -0.15) is 0 Å². The highest BCUT2D eigenvalue weighted by molar-refractivity contribution is 5.71. The van der Waals surface area contributed by atoms with Crippen LogP contribution in [0.2, 0.25) is 0 Å². The van der Waals surface area contributed by atoms with Gasteiger partial charge in [0.25, 0.3) is 0 Å². The third-order valence-corrected chi connectivity index (χ3v) is 3.50. The van der Waals surface area contributed by atoms with Crippen LogP contribution >= 0.6 is 0 Å². The summed E-state index contributed by atoms with van der Waals surface area (Å²) in [6, 6.07) is 18.1. The summed E-state index contributed by atoms with van der Waals surface area (Å²) in [6.07, 6.45) is 4.61. The molecule has 90 valence electrons. The molecule has 1 atom stereocenters. The van der Waals surface area contributed by atoms with Gasteiger partial charge >= 0.3 is 0 Å². The Morgan fingerprint density at radius 2 is 1.61 bits per heavy atom. The molecule has 0 spiro atoms. The maximum absolute atomic E-state index is 9.26. The Morgan fingerprint density at radius 3 is 2.28 bits per heavy atom. The van der Waals surface area contributed by atoms with Crippen LogP contribution in [0.3, 0.4) is 0 Å². The van der Waals surface area contributed by atoms with Gasteiger partial charge in [0.2, 0.25) is 0 Å². The summed E-state index contributed by atoms with van der Waals surface area (Å²) < 4.78 is 0. The molecule has 3 rings (SSSR count). The predicted octanol–water partition coefficient (Wildman–Crippen LogP) is 4.04. The van der Waals surface area contributed by atoms with Crippen LogP contribution in [0.5, 0.6) is 5.75 Å². The van der Waals surface area contributed by atoms with Crippen molar-refractivity contribution in [1.82, 2.24) is 0 Å². The van der Waals surface area contributed by atoms with Crippen LogP contribution in [0, 0.1) is 5.92 Å². The molecule has 0 heterocycles. The average molecular weight is 236 g/mol. The third-order valence-electron chi connectivity index (χ3n) is 3.50. The van der Waals surface area contributed by atoms with Crippen molar-refractivity contribution in [2.24, 2.45) is 5.92 Å². The van der Waals surface area contributed by atoms with Gasteiger partial charge < -0.3 is 5.11 Å². The van der Waals surface area contributed by atoms with E-state index in [-0.39, 0.29) is 0 Å². The van der Waals surface area contributed by atoms with E-state index >= 15 is 0 Å². The highest BCUT2D eigenvalue weighted by atomic mass is 16.3. The molecule has 0 bridgehead atoms. The molecule has 1 aliphatic rings. The number of hydrogen-bond acceptors (Lipinski definition) is 1. The first-order valence-corrected chi connectivity index (χ1v) is 6.35. The maximum Gasteiger partial charge on any atom is 0.115 e. The molecule has 18 heavy (non-hydrogen) atoms. The highest BCUT2D eigenvalue weighted by Gasteiger charge is 2.20. The lowest BCUT2D eigenvalue weighted by molar-refractivity contribution is 0.475. The van der Waals surface area contributed by atoms with E-state index in [1.54, 1.807) is 12.1 Å². The Balaban J connectivity index is 1.66. The quantitative estimate of drug-likeness (QED) is 0.852. The summed E-state index contributed by atoms with van der Waals surface area (Å²) in [6.45, 7) is 0. The number of allylic oxidation sites excluding steroid dienone is 2. The fourth-order valence-corrected chi connectivity index (χ4v) is 2.47. The van der Waals surface area contributed by atoms with Crippen LogP contribution in [0.15, 0.2) is 60.7 Å². The van der Waals surface area contributed by atoms with Crippen LogP contribution in [0.4, 0.5) is 0 Å². The maximum atomic E-state index is 9.26. The van der Waals surface area contributed by atoms with Crippen LogP contribution in [-0.2, 0) is 6.42 Å². The first-order chi connectivity index (χ1) is 8.81. The number of rotatable bonds is 3. The van der Waals surface area contributed by atoms with Gasteiger partial charge in [-0.1, -0.05) is 48.5 Å². The SMILES string of the molecule is Oc1ccc(C2=CC(Cc3ccccc3)C2)cc1. The van der Waals surface area contributed by atoms with Crippen LogP contribution in [0.25, 0.3) is 5.57 Å². The van der Waals surface area contributed by atoms with Crippen LogP contribution in [0.1, 0.15) is 17.5 Å². The molecule has 1 nitrogen and oxygen atoms in total. The summed E-state index contributed by atoms with van der Waals surface area (Å²) >= 11 is 0. The first kappa shape index (κ1) is 11.1. The van der Waals surface area contributed by atoms with Crippen molar-refractivity contribution in [3.8, 4) is 5.75 Å². The molecule has 1 heteroatoms. The van der Waals surface area contributed by atoms with Crippen molar-refractivity contribution in [2.75, 3.05) is 0 Å². The van der Waals surface area contributed by atoms with Crippen molar-refractivity contribution < 1.29 is 5.11 Å². The van der Waals surface area contributed by atoms with Crippen LogP contribution < -0.4 is 0 Å². The Bertz CT molecular complexity index is 552. The lowest BCUT2D eigenvalue weighted by Gasteiger charge is -2.26. The standard InChI is InChI=1S/C17H16O/c18-17-8-6-15(7-9-17)16-11-14(12-16)10-13-4-2-1-3-5-13/h1-9,11,14,18H,10,12H2. The summed E-state index contributed by atoms with van der Waals surface area (Å²) in [7, 11) is 0. The minimum absolute atomic E-state index is 0.333. The van der Waals surface area contributed by atoms with E-state index in [4.69, 9.17) is 0 Å². The number of benzene rings is 2. The third kappa shape index (κ3) is 2.30. The highest BCUT2D eigenvalue weighted by Crippen LogP contribution is 2.36. The van der Waals surface area contributed by atoms with Crippen molar-refractivity contribution >= 4 is 5.57 Å². The Labute approximate surface area is 107 Å². The summed E-state index contributed by atoms with van der Waals surface area (Å²) in [5, 5.41) is 9.26. The fraction of sp³-hybridized carbons (Fsp3) is 0.176. The number of aromatic hydroxyl groups is 1. The van der Waals surface area contributed by atoms with Gasteiger partial charge in [-0.25, -0.2) is 0 Å². The summed E-state index contributed by atoms with van der Waals surface area (Å²) in [5.74, 6) is 0.996. The van der Waals surface area contributed by atoms with Crippen molar-refractivity contribution in [2.45, 2.75) is 12.8 Å². The molecule has 0 fully saturated rings. The predicted molar refractivity (Wildman–Crippen MR) is 74.3 cm³/mol. The van der Waals surface area contributed by atoms with E-state index in [0.29, 0.717) is 11.7 Å². The molecular weight excluding hydrogens is 220 g/mol. The van der Waals surface area contributed by atoms with Crippen molar-refractivity contribution in [3.63, 3.8) is 0 Å². The second-order valence-electron chi connectivity index (χ2n) is 4.89. The van der Waals surface area contributed by atoms with E-state index in [9.17, 15) is 5.11 Å². The number of phenols is 1. The summed E-state index contributed by atoms with van der Waals surface area (Å²) in [4.78, 5) is 0.